The van der Waals surface area contributed by atoms with Crippen molar-refractivity contribution in [2.75, 3.05) is 7.11 Å². The third-order valence-corrected chi connectivity index (χ3v) is 4.83. The molecule has 0 saturated heterocycles. The molecule has 0 saturated carbocycles. The Hall–Kier alpha value is -2.42. The Bertz CT molecular complexity index is 831. The maximum absolute atomic E-state index is 10.2. The van der Waals surface area contributed by atoms with Gasteiger partial charge in [0.2, 0.25) is 0 Å². The van der Waals surface area contributed by atoms with Gasteiger partial charge in [0.05, 0.1) is 7.11 Å². The fourth-order valence-corrected chi connectivity index (χ4v) is 3.47. The lowest BCUT2D eigenvalue weighted by Crippen LogP contribution is -2.33. The molecule has 0 fully saturated rings. The molecular formula is C22H26O3. The summed E-state index contributed by atoms with van der Waals surface area (Å²) in [5.41, 5.74) is 5.29. The van der Waals surface area contributed by atoms with Crippen molar-refractivity contribution in [3.8, 4) is 28.4 Å². The van der Waals surface area contributed by atoms with E-state index < -0.39 is 5.60 Å². The highest BCUT2D eigenvalue weighted by molar-refractivity contribution is 5.79. The number of benzene rings is 2. The molecule has 1 N–H and O–H groups in total. The fourth-order valence-electron chi connectivity index (χ4n) is 3.47. The maximum atomic E-state index is 10.2. The first kappa shape index (κ1) is 17.4. The molecule has 3 rings (SSSR count). The Balaban J connectivity index is 2.13. The van der Waals surface area contributed by atoms with Gasteiger partial charge in [-0.25, -0.2) is 0 Å². The minimum atomic E-state index is -0.413. The summed E-state index contributed by atoms with van der Waals surface area (Å²) in [4.78, 5) is 0. The molecule has 132 valence electrons. The van der Waals surface area contributed by atoms with E-state index in [1.807, 2.05) is 0 Å². The summed E-state index contributed by atoms with van der Waals surface area (Å²) < 4.78 is 11.7. The van der Waals surface area contributed by atoms with Crippen LogP contribution in [0.5, 0.6) is 17.2 Å². The van der Waals surface area contributed by atoms with E-state index in [9.17, 15) is 5.11 Å². The standard InChI is InChI=1S/C22H26O3/c1-14(2)7-6-10-22(4)18-9-8-15(3)11-16(18)17-12-19(23)21(24-5)13-20(17)25-22/h7-9,11-13,23H,6,10H2,1-5H3/t22-/m1/s1. The van der Waals surface area contributed by atoms with Gasteiger partial charge in [0, 0.05) is 17.2 Å². The predicted molar refractivity (Wildman–Crippen MR) is 101 cm³/mol. The second-order valence-corrected chi connectivity index (χ2v) is 7.22. The van der Waals surface area contributed by atoms with Crippen LogP contribution in [0.2, 0.25) is 0 Å². The third kappa shape index (κ3) is 3.23. The summed E-state index contributed by atoms with van der Waals surface area (Å²) in [6, 6.07) is 9.96. The number of methoxy groups -OCH3 is 1. The maximum Gasteiger partial charge on any atom is 0.164 e. The average Bonchev–Trinajstić information content (AvgIpc) is 2.54. The zero-order valence-electron chi connectivity index (χ0n) is 15.6. The molecule has 0 unspecified atom stereocenters. The van der Waals surface area contributed by atoms with Gasteiger partial charge in [-0.15, -0.1) is 0 Å². The predicted octanol–water partition coefficient (Wildman–Crippen LogP) is 5.73. The van der Waals surface area contributed by atoms with E-state index in [0.29, 0.717) is 5.75 Å². The second-order valence-electron chi connectivity index (χ2n) is 7.22. The van der Waals surface area contributed by atoms with Gasteiger partial charge in [-0.3, -0.25) is 0 Å². The van der Waals surface area contributed by atoms with Crippen molar-refractivity contribution < 1.29 is 14.6 Å². The van der Waals surface area contributed by atoms with Crippen LogP contribution in [0.4, 0.5) is 0 Å². The summed E-state index contributed by atoms with van der Waals surface area (Å²) in [5, 5.41) is 10.2. The minimum Gasteiger partial charge on any atom is -0.504 e. The lowest BCUT2D eigenvalue weighted by atomic mass is 9.81. The summed E-state index contributed by atoms with van der Waals surface area (Å²) in [6.45, 7) is 8.45. The van der Waals surface area contributed by atoms with Crippen LogP contribution >= 0.6 is 0 Å². The molecule has 0 aromatic heterocycles. The van der Waals surface area contributed by atoms with Gasteiger partial charge in [0.25, 0.3) is 0 Å². The van der Waals surface area contributed by atoms with Crippen LogP contribution in [0.3, 0.4) is 0 Å². The van der Waals surface area contributed by atoms with Crippen molar-refractivity contribution in [1.29, 1.82) is 0 Å². The van der Waals surface area contributed by atoms with Crippen molar-refractivity contribution in [2.45, 2.75) is 46.1 Å². The zero-order valence-corrected chi connectivity index (χ0v) is 15.6. The zero-order chi connectivity index (χ0) is 18.2. The van der Waals surface area contributed by atoms with Crippen LogP contribution in [0, 0.1) is 6.92 Å². The van der Waals surface area contributed by atoms with E-state index in [1.165, 1.54) is 11.1 Å². The number of ether oxygens (including phenoxy) is 2. The van der Waals surface area contributed by atoms with Crippen LogP contribution in [0.25, 0.3) is 11.1 Å². The van der Waals surface area contributed by atoms with Crippen LogP contribution in [-0.2, 0) is 5.60 Å². The minimum absolute atomic E-state index is 0.130. The van der Waals surface area contributed by atoms with Crippen LogP contribution in [-0.4, -0.2) is 12.2 Å². The van der Waals surface area contributed by atoms with E-state index in [2.05, 4.69) is 52.0 Å². The average molecular weight is 338 g/mol. The molecule has 1 atom stereocenters. The molecule has 0 radical (unpaired) electrons. The Morgan fingerprint density at radius 3 is 2.64 bits per heavy atom. The molecule has 25 heavy (non-hydrogen) atoms. The lowest BCUT2D eigenvalue weighted by Gasteiger charge is -2.38. The number of aryl methyl sites for hydroxylation is 1. The molecule has 3 nitrogen and oxygen atoms in total. The van der Waals surface area contributed by atoms with Crippen molar-refractivity contribution in [3.63, 3.8) is 0 Å². The van der Waals surface area contributed by atoms with Crippen LogP contribution < -0.4 is 9.47 Å². The monoisotopic (exact) mass is 338 g/mol. The quantitative estimate of drug-likeness (QED) is 0.724. The molecule has 3 heteroatoms. The SMILES string of the molecule is COc1cc2c(cc1O)-c1cc(C)ccc1[C@@](C)(CCC=C(C)C)O2. The molecule has 0 spiro atoms. The Labute approximate surface area is 149 Å². The number of hydrogen-bond donors (Lipinski definition) is 1. The van der Waals surface area contributed by atoms with E-state index in [0.717, 1.165) is 35.3 Å². The van der Waals surface area contributed by atoms with Crippen LogP contribution in [0.1, 0.15) is 44.7 Å². The van der Waals surface area contributed by atoms with Crippen molar-refractivity contribution >= 4 is 0 Å². The van der Waals surface area contributed by atoms with Gasteiger partial charge in [0.15, 0.2) is 11.5 Å². The molecule has 0 amide bonds. The molecule has 1 aliphatic rings. The molecular weight excluding hydrogens is 312 g/mol. The molecule has 1 aliphatic heterocycles. The van der Waals surface area contributed by atoms with Gasteiger partial charge in [-0.1, -0.05) is 35.4 Å². The summed E-state index contributed by atoms with van der Waals surface area (Å²) >= 11 is 0. The van der Waals surface area contributed by atoms with E-state index in [4.69, 9.17) is 9.47 Å². The normalized spacial score (nSPS) is 18.0. The number of phenols is 1. The Morgan fingerprint density at radius 2 is 1.96 bits per heavy atom. The lowest BCUT2D eigenvalue weighted by molar-refractivity contribution is 0.0748. The number of phenolic OH excluding ortho intramolecular Hbond substituents is 1. The summed E-state index contributed by atoms with van der Waals surface area (Å²) in [5.74, 6) is 1.32. The number of allylic oxidation sites excluding steroid dienone is 2. The topological polar surface area (TPSA) is 38.7 Å². The number of fused-ring (bicyclic) bond motifs is 3. The number of rotatable bonds is 4. The first-order valence-corrected chi connectivity index (χ1v) is 8.69. The Morgan fingerprint density at radius 1 is 1.20 bits per heavy atom. The second kappa shape index (κ2) is 6.47. The van der Waals surface area contributed by atoms with Gasteiger partial charge >= 0.3 is 0 Å². The van der Waals surface area contributed by atoms with E-state index >= 15 is 0 Å². The van der Waals surface area contributed by atoms with Gasteiger partial charge < -0.3 is 14.6 Å². The van der Waals surface area contributed by atoms with E-state index in [1.54, 1.807) is 19.2 Å². The highest BCUT2D eigenvalue weighted by Gasteiger charge is 2.36. The molecule has 0 bridgehead atoms. The van der Waals surface area contributed by atoms with E-state index in [-0.39, 0.29) is 5.75 Å². The van der Waals surface area contributed by atoms with Gasteiger partial charge in [0.1, 0.15) is 11.4 Å². The first-order chi connectivity index (χ1) is 11.8. The summed E-state index contributed by atoms with van der Waals surface area (Å²) in [7, 11) is 1.55. The molecule has 2 aromatic rings. The van der Waals surface area contributed by atoms with Crippen molar-refractivity contribution in [3.05, 3.63) is 53.1 Å². The van der Waals surface area contributed by atoms with Crippen LogP contribution in [0.15, 0.2) is 42.0 Å². The first-order valence-electron chi connectivity index (χ1n) is 8.69. The number of hydrogen-bond acceptors (Lipinski definition) is 3. The van der Waals surface area contributed by atoms with Crippen molar-refractivity contribution in [2.24, 2.45) is 0 Å². The Kier molecular flexibility index (Phi) is 4.51. The van der Waals surface area contributed by atoms with Gasteiger partial charge in [-0.05, 0) is 52.2 Å². The summed E-state index contributed by atoms with van der Waals surface area (Å²) in [6.07, 6.45) is 4.09. The highest BCUT2D eigenvalue weighted by Crippen LogP contribution is 2.50. The third-order valence-electron chi connectivity index (χ3n) is 4.83. The number of aromatic hydroxyl groups is 1. The fraction of sp³-hybridized carbons (Fsp3) is 0.364. The largest absolute Gasteiger partial charge is 0.504 e. The smallest absolute Gasteiger partial charge is 0.164 e. The molecule has 2 aromatic carbocycles. The van der Waals surface area contributed by atoms with Crippen molar-refractivity contribution in [1.82, 2.24) is 0 Å². The van der Waals surface area contributed by atoms with Gasteiger partial charge in [-0.2, -0.15) is 0 Å². The molecule has 1 heterocycles. The molecule has 0 aliphatic carbocycles. The highest BCUT2D eigenvalue weighted by atomic mass is 16.5.